The predicted octanol–water partition coefficient (Wildman–Crippen LogP) is 3.93. The second kappa shape index (κ2) is 12.3. The van der Waals surface area contributed by atoms with E-state index in [1.165, 1.54) is 29.2 Å². The number of hydrogen-bond donors (Lipinski definition) is 1. The number of nitrogens with zero attached hydrogens (tertiary/aromatic N) is 2. The number of amides is 2. The molecule has 0 aromatic heterocycles. The van der Waals surface area contributed by atoms with Crippen molar-refractivity contribution in [2.24, 2.45) is 5.92 Å². The minimum atomic E-state index is -3.82. The molecule has 2 aromatic rings. The van der Waals surface area contributed by atoms with E-state index in [0.717, 1.165) is 10.6 Å². The zero-order valence-corrected chi connectivity index (χ0v) is 22.2. The summed E-state index contributed by atoms with van der Waals surface area (Å²) in [4.78, 5) is 27.9. The number of carbonyl (C=O) groups excluding carboxylic acids is 2. The van der Waals surface area contributed by atoms with E-state index in [2.05, 4.69) is 21.2 Å². The van der Waals surface area contributed by atoms with Crippen LogP contribution in [0.15, 0.2) is 53.0 Å². The lowest BCUT2D eigenvalue weighted by Gasteiger charge is -2.33. The highest BCUT2D eigenvalue weighted by molar-refractivity contribution is 9.10. The van der Waals surface area contributed by atoms with Gasteiger partial charge in [0, 0.05) is 17.6 Å². The number of halogens is 2. The van der Waals surface area contributed by atoms with Crippen molar-refractivity contribution in [3.63, 3.8) is 0 Å². The van der Waals surface area contributed by atoms with Gasteiger partial charge in [-0.25, -0.2) is 12.8 Å². The molecule has 0 radical (unpaired) electrons. The fraction of sp³-hybridized carbons (Fsp3) is 0.417. The summed E-state index contributed by atoms with van der Waals surface area (Å²) in [6.45, 7) is 5.69. The number of carbonyl (C=O) groups is 2. The van der Waals surface area contributed by atoms with Crippen molar-refractivity contribution >= 4 is 43.5 Å². The second-order valence-electron chi connectivity index (χ2n) is 8.43. The Labute approximate surface area is 209 Å². The van der Waals surface area contributed by atoms with Crippen LogP contribution in [0.5, 0.6) is 0 Å². The molecule has 0 aliphatic rings. The van der Waals surface area contributed by atoms with Crippen molar-refractivity contribution in [2.45, 2.75) is 39.8 Å². The van der Waals surface area contributed by atoms with Crippen LogP contribution in [0.3, 0.4) is 0 Å². The molecule has 0 heterocycles. The van der Waals surface area contributed by atoms with Gasteiger partial charge in [0.05, 0.1) is 11.9 Å². The molecule has 10 heteroatoms. The number of hydrogen-bond acceptors (Lipinski definition) is 4. The van der Waals surface area contributed by atoms with Crippen LogP contribution in [0.4, 0.5) is 10.1 Å². The number of anilines is 1. The Bertz CT molecular complexity index is 1090. The monoisotopic (exact) mass is 555 g/mol. The number of para-hydroxylation sites is 1. The van der Waals surface area contributed by atoms with Gasteiger partial charge in [0.2, 0.25) is 21.8 Å². The third-order valence-corrected chi connectivity index (χ3v) is 6.93. The maximum atomic E-state index is 13.5. The highest BCUT2D eigenvalue weighted by Gasteiger charge is 2.32. The first kappa shape index (κ1) is 27.8. The molecule has 0 fully saturated rings. The van der Waals surface area contributed by atoms with Gasteiger partial charge in [-0.3, -0.25) is 13.9 Å². The van der Waals surface area contributed by atoms with Crippen LogP contribution in [-0.2, 0) is 26.2 Å². The highest BCUT2D eigenvalue weighted by Crippen LogP contribution is 2.28. The molecule has 2 amide bonds. The van der Waals surface area contributed by atoms with E-state index in [4.69, 9.17) is 0 Å². The molecule has 0 aliphatic heterocycles. The van der Waals surface area contributed by atoms with Crippen molar-refractivity contribution in [3.8, 4) is 0 Å². The molecular weight excluding hydrogens is 525 g/mol. The van der Waals surface area contributed by atoms with Gasteiger partial charge in [0.15, 0.2) is 0 Å². The summed E-state index contributed by atoms with van der Waals surface area (Å²) in [7, 11) is -3.82. The van der Waals surface area contributed by atoms with Crippen molar-refractivity contribution in [1.82, 2.24) is 10.2 Å². The Hall–Kier alpha value is -2.46. The minimum Gasteiger partial charge on any atom is -0.354 e. The van der Waals surface area contributed by atoms with Crippen molar-refractivity contribution in [1.29, 1.82) is 0 Å². The van der Waals surface area contributed by atoms with Crippen LogP contribution in [-0.4, -0.2) is 50.5 Å². The van der Waals surface area contributed by atoms with Gasteiger partial charge in [-0.15, -0.1) is 0 Å². The SMILES string of the molecule is CC[C@H](C(=O)NCC(C)C)N(Cc1ccc(F)cc1)C(=O)CN(c1ccccc1Br)S(C)(=O)=O. The maximum Gasteiger partial charge on any atom is 0.244 e. The van der Waals surface area contributed by atoms with Crippen LogP contribution < -0.4 is 9.62 Å². The fourth-order valence-electron chi connectivity index (χ4n) is 3.38. The van der Waals surface area contributed by atoms with E-state index in [9.17, 15) is 22.4 Å². The molecule has 1 atom stereocenters. The van der Waals surface area contributed by atoms with Crippen LogP contribution in [0.2, 0.25) is 0 Å². The molecule has 0 bridgehead atoms. The van der Waals surface area contributed by atoms with Gasteiger partial charge < -0.3 is 10.2 Å². The van der Waals surface area contributed by atoms with E-state index in [-0.39, 0.29) is 18.4 Å². The molecule has 7 nitrogen and oxygen atoms in total. The summed E-state index contributed by atoms with van der Waals surface area (Å²) in [6.07, 6.45) is 1.35. The van der Waals surface area contributed by atoms with Crippen LogP contribution >= 0.6 is 15.9 Å². The second-order valence-corrected chi connectivity index (χ2v) is 11.2. The number of rotatable bonds is 11. The summed E-state index contributed by atoms with van der Waals surface area (Å²) >= 11 is 3.35. The topological polar surface area (TPSA) is 86.8 Å². The van der Waals surface area contributed by atoms with Crippen molar-refractivity contribution < 1.29 is 22.4 Å². The molecule has 34 heavy (non-hydrogen) atoms. The Morgan fingerprint density at radius 1 is 1.09 bits per heavy atom. The average Bonchev–Trinajstić information content (AvgIpc) is 2.77. The summed E-state index contributed by atoms with van der Waals surface area (Å²) in [5.74, 6) is -1.06. The van der Waals surface area contributed by atoms with Gasteiger partial charge in [0.25, 0.3) is 0 Å². The van der Waals surface area contributed by atoms with E-state index in [1.807, 2.05) is 13.8 Å². The first-order valence-electron chi connectivity index (χ1n) is 11.0. The Morgan fingerprint density at radius 2 is 1.71 bits per heavy atom. The third kappa shape index (κ3) is 7.80. The van der Waals surface area contributed by atoms with Gasteiger partial charge >= 0.3 is 0 Å². The Kier molecular flexibility index (Phi) is 10.1. The van der Waals surface area contributed by atoms with Crippen LogP contribution in [0.1, 0.15) is 32.8 Å². The smallest absolute Gasteiger partial charge is 0.244 e. The van der Waals surface area contributed by atoms with E-state index >= 15 is 0 Å². The van der Waals surface area contributed by atoms with Gasteiger partial charge in [-0.1, -0.05) is 45.0 Å². The zero-order valence-electron chi connectivity index (χ0n) is 19.8. The number of benzene rings is 2. The molecule has 0 aliphatic carbocycles. The molecule has 0 saturated carbocycles. The molecular formula is C24H31BrFN3O4S. The quantitative estimate of drug-likeness (QED) is 0.455. The predicted molar refractivity (Wildman–Crippen MR) is 135 cm³/mol. The lowest BCUT2D eigenvalue weighted by Crippen LogP contribution is -2.52. The lowest BCUT2D eigenvalue weighted by atomic mass is 10.1. The van der Waals surface area contributed by atoms with Crippen molar-refractivity contribution in [2.75, 3.05) is 23.7 Å². The van der Waals surface area contributed by atoms with E-state index in [0.29, 0.717) is 28.7 Å². The van der Waals surface area contributed by atoms with Gasteiger partial charge in [-0.05, 0) is 58.1 Å². The summed E-state index contributed by atoms with van der Waals surface area (Å²) in [6, 6.07) is 11.5. The Morgan fingerprint density at radius 3 is 2.24 bits per heavy atom. The molecule has 0 spiro atoms. The Balaban J connectivity index is 2.42. The third-order valence-electron chi connectivity index (χ3n) is 5.14. The summed E-state index contributed by atoms with van der Waals surface area (Å²) < 4.78 is 40.1. The molecule has 0 unspecified atom stereocenters. The van der Waals surface area contributed by atoms with Gasteiger partial charge in [-0.2, -0.15) is 0 Å². The lowest BCUT2D eigenvalue weighted by molar-refractivity contribution is -0.140. The highest BCUT2D eigenvalue weighted by atomic mass is 79.9. The number of sulfonamides is 1. The van der Waals surface area contributed by atoms with E-state index in [1.54, 1.807) is 31.2 Å². The molecule has 1 N–H and O–H groups in total. The first-order chi connectivity index (χ1) is 15.9. The largest absolute Gasteiger partial charge is 0.354 e. The van der Waals surface area contributed by atoms with Crippen molar-refractivity contribution in [3.05, 3.63) is 64.4 Å². The first-order valence-corrected chi connectivity index (χ1v) is 13.6. The van der Waals surface area contributed by atoms with Gasteiger partial charge in [0.1, 0.15) is 18.4 Å². The van der Waals surface area contributed by atoms with E-state index < -0.39 is 34.3 Å². The average molecular weight is 556 g/mol. The molecule has 2 rings (SSSR count). The molecule has 0 saturated heterocycles. The van der Waals surface area contributed by atoms with Crippen LogP contribution in [0.25, 0.3) is 0 Å². The minimum absolute atomic E-state index is 0.0281. The summed E-state index contributed by atoms with van der Waals surface area (Å²) in [5, 5.41) is 2.86. The normalized spacial score (nSPS) is 12.3. The number of nitrogens with one attached hydrogen (secondary N) is 1. The zero-order chi connectivity index (χ0) is 25.5. The fourth-order valence-corrected chi connectivity index (χ4v) is 4.85. The van der Waals surface area contributed by atoms with Crippen LogP contribution in [0, 0.1) is 11.7 Å². The molecule has 2 aromatic carbocycles. The maximum absolute atomic E-state index is 13.5. The summed E-state index contributed by atoms with van der Waals surface area (Å²) in [5.41, 5.74) is 0.939. The molecule has 186 valence electrons. The standard InChI is InChI=1S/C24H31BrFN3O4S/c1-5-21(24(31)27-14-17(2)3)28(15-18-10-12-19(26)13-11-18)23(30)16-29(34(4,32)33)22-9-7-6-8-20(22)25/h6-13,17,21H,5,14-16H2,1-4H3,(H,27,31)/t21-/m1/s1.